The van der Waals surface area contributed by atoms with Crippen LogP contribution in [0.25, 0.3) is 0 Å². The van der Waals surface area contributed by atoms with Crippen LogP contribution >= 0.6 is 7.82 Å². The molecule has 0 saturated carbocycles. The molecule has 0 heterocycles. The average Bonchev–Trinajstić information content (AvgIpc) is 3.13. The summed E-state index contributed by atoms with van der Waals surface area (Å²) < 4.78 is 32.5. The number of aliphatic carboxylic acids is 1. The molecule has 0 saturated heterocycles. The first-order valence-corrected chi connectivity index (χ1v) is 21.7. The highest BCUT2D eigenvalue weighted by atomic mass is 31.2. The van der Waals surface area contributed by atoms with Gasteiger partial charge in [0.25, 0.3) is 0 Å². The van der Waals surface area contributed by atoms with E-state index in [1.165, 1.54) is 77.0 Å². The first-order valence-electron chi connectivity index (χ1n) is 20.2. The summed E-state index contributed by atoms with van der Waals surface area (Å²) in [5.74, 6) is -2.48. The van der Waals surface area contributed by atoms with Crippen molar-refractivity contribution in [3.63, 3.8) is 0 Å². The number of esters is 2. The van der Waals surface area contributed by atoms with Crippen molar-refractivity contribution in [2.45, 2.75) is 174 Å². The molecule has 0 fully saturated rings. The topological polar surface area (TPSA) is 172 Å². The van der Waals surface area contributed by atoms with Gasteiger partial charge >= 0.3 is 25.7 Å². The summed E-state index contributed by atoms with van der Waals surface area (Å²) in [6.07, 6.45) is 39.2. The van der Waals surface area contributed by atoms with Gasteiger partial charge in [0.05, 0.1) is 13.2 Å². The Hall–Kier alpha value is -2.56. The molecule has 0 aromatic rings. The Balaban J connectivity index is 4.47. The number of hydrogen-bond acceptors (Lipinski definition) is 9. The maximum atomic E-state index is 12.5. The van der Waals surface area contributed by atoms with E-state index in [0.717, 1.165) is 44.9 Å². The van der Waals surface area contributed by atoms with E-state index < -0.39 is 51.1 Å². The lowest BCUT2D eigenvalue weighted by molar-refractivity contribution is -0.161. The molecular weight excluding hydrogens is 697 g/mol. The predicted molar refractivity (Wildman–Crippen MR) is 212 cm³/mol. The highest BCUT2D eigenvalue weighted by Gasteiger charge is 2.28. The monoisotopic (exact) mass is 769 g/mol. The molecule has 3 atom stereocenters. The largest absolute Gasteiger partial charge is 0.480 e. The summed E-state index contributed by atoms with van der Waals surface area (Å²) in [5.41, 5.74) is 5.31. The van der Waals surface area contributed by atoms with Gasteiger partial charge in [-0.25, -0.2) is 4.57 Å². The average molecular weight is 770 g/mol. The number of carbonyl (C=O) groups excluding carboxylic acids is 2. The zero-order chi connectivity index (χ0) is 39.3. The van der Waals surface area contributed by atoms with Crippen LogP contribution in [0.5, 0.6) is 0 Å². The van der Waals surface area contributed by atoms with E-state index in [4.69, 9.17) is 24.8 Å². The number of allylic oxidation sites excluding steroid dienone is 8. The van der Waals surface area contributed by atoms with Crippen LogP contribution in [0.4, 0.5) is 0 Å². The molecule has 4 N–H and O–H groups in total. The Morgan fingerprint density at radius 3 is 1.55 bits per heavy atom. The Morgan fingerprint density at radius 1 is 0.604 bits per heavy atom. The third kappa shape index (κ3) is 36.2. The fraction of sp³-hybridized carbons (Fsp3) is 0.732. The number of unbranched alkanes of at least 4 members (excludes halogenated alkanes) is 15. The molecule has 0 aromatic heterocycles. The molecule has 0 aliphatic carbocycles. The minimum atomic E-state index is -4.73. The summed E-state index contributed by atoms with van der Waals surface area (Å²) in [6, 6.07) is -1.53. The van der Waals surface area contributed by atoms with E-state index in [1.54, 1.807) is 0 Å². The van der Waals surface area contributed by atoms with Crippen LogP contribution in [-0.2, 0) is 37.5 Å². The number of nitrogens with two attached hydrogens (primary N) is 1. The molecule has 12 heteroatoms. The Bertz CT molecular complexity index is 1090. The lowest BCUT2D eigenvalue weighted by Crippen LogP contribution is -2.34. The lowest BCUT2D eigenvalue weighted by Gasteiger charge is -2.20. The Morgan fingerprint density at radius 2 is 1.06 bits per heavy atom. The van der Waals surface area contributed by atoms with Crippen LogP contribution < -0.4 is 5.73 Å². The summed E-state index contributed by atoms with van der Waals surface area (Å²) in [5, 5.41) is 8.86. The van der Waals surface area contributed by atoms with Crippen molar-refractivity contribution < 1.29 is 47.5 Å². The van der Waals surface area contributed by atoms with Crippen LogP contribution in [0.3, 0.4) is 0 Å². The number of ether oxygens (including phenoxy) is 2. The highest BCUT2D eigenvalue weighted by molar-refractivity contribution is 7.47. The fourth-order valence-corrected chi connectivity index (χ4v) is 5.97. The maximum Gasteiger partial charge on any atom is 0.472 e. The van der Waals surface area contributed by atoms with Gasteiger partial charge in [0.2, 0.25) is 0 Å². The van der Waals surface area contributed by atoms with Gasteiger partial charge in [-0.2, -0.15) is 0 Å². The Kier molecular flexibility index (Phi) is 34.7. The number of carbonyl (C=O) groups is 3. The van der Waals surface area contributed by atoms with Crippen molar-refractivity contribution in [1.29, 1.82) is 0 Å². The quantitative estimate of drug-likeness (QED) is 0.0238. The number of phosphoric acid groups is 1. The van der Waals surface area contributed by atoms with E-state index in [2.05, 4.69) is 48.8 Å². The predicted octanol–water partition coefficient (Wildman–Crippen LogP) is 10.2. The van der Waals surface area contributed by atoms with Gasteiger partial charge in [-0.05, 0) is 38.5 Å². The van der Waals surface area contributed by atoms with Gasteiger partial charge in [-0.15, -0.1) is 0 Å². The van der Waals surface area contributed by atoms with E-state index in [-0.39, 0.29) is 19.4 Å². The fourth-order valence-electron chi connectivity index (χ4n) is 5.20. The number of carboxylic acids is 1. The second-order valence-corrected chi connectivity index (χ2v) is 14.8. The molecule has 11 nitrogen and oxygen atoms in total. The lowest BCUT2D eigenvalue weighted by atomic mass is 10.0. The van der Waals surface area contributed by atoms with Gasteiger partial charge in [-0.3, -0.25) is 23.4 Å². The van der Waals surface area contributed by atoms with Gasteiger partial charge in [-0.1, -0.05) is 159 Å². The SMILES string of the molecule is CC/C=C\C/C=C\C/C=C\C/C=C\CCC(=O)OC(COC(=O)CCCCCCCCCCCCCCCCCC)COP(=O)(O)OCC(N)C(=O)O. The van der Waals surface area contributed by atoms with Crippen molar-refractivity contribution in [3.8, 4) is 0 Å². The van der Waals surface area contributed by atoms with Gasteiger partial charge in [0, 0.05) is 12.8 Å². The van der Waals surface area contributed by atoms with Crippen molar-refractivity contribution in [3.05, 3.63) is 48.6 Å². The second-order valence-electron chi connectivity index (χ2n) is 13.4. The smallest absolute Gasteiger partial charge is 0.472 e. The van der Waals surface area contributed by atoms with E-state index >= 15 is 0 Å². The molecule has 0 radical (unpaired) electrons. The van der Waals surface area contributed by atoms with Crippen molar-refractivity contribution in [2.75, 3.05) is 19.8 Å². The summed E-state index contributed by atoms with van der Waals surface area (Å²) in [6.45, 7) is 2.60. The minimum absolute atomic E-state index is 0.0403. The summed E-state index contributed by atoms with van der Waals surface area (Å²) in [4.78, 5) is 45.8. The number of phosphoric ester groups is 1. The standard InChI is InChI=1S/C41H72NO10P/c1-3-5-7-9-11-13-15-17-18-19-21-22-24-26-28-30-32-39(43)49-34-37(35-50-53(47,48)51-36-38(42)41(45)46)52-40(44)33-31-29-27-25-23-20-16-14-12-10-8-6-4-2/h6,8,12,14,20,23,27,29,37-38H,3-5,7,9-11,13,15-19,21-22,24-26,28,30-36,42H2,1-2H3,(H,45,46)(H,47,48)/b8-6-,14-12-,23-20-,29-27-. The molecule has 53 heavy (non-hydrogen) atoms. The normalized spacial score (nSPS) is 14.3. The molecule has 0 bridgehead atoms. The van der Waals surface area contributed by atoms with Crippen LogP contribution in [0, 0.1) is 0 Å². The molecule has 306 valence electrons. The van der Waals surface area contributed by atoms with Gasteiger partial charge in [0.15, 0.2) is 6.10 Å². The van der Waals surface area contributed by atoms with Crippen LogP contribution in [-0.4, -0.2) is 59.9 Å². The summed E-state index contributed by atoms with van der Waals surface area (Å²) >= 11 is 0. The maximum absolute atomic E-state index is 12.5. The van der Waals surface area contributed by atoms with E-state index in [0.29, 0.717) is 12.8 Å². The summed E-state index contributed by atoms with van der Waals surface area (Å²) in [7, 11) is -4.73. The van der Waals surface area contributed by atoms with Gasteiger partial charge < -0.3 is 25.2 Å². The van der Waals surface area contributed by atoms with Crippen LogP contribution in [0.15, 0.2) is 48.6 Å². The van der Waals surface area contributed by atoms with E-state index in [9.17, 15) is 23.8 Å². The first kappa shape index (κ1) is 50.4. The zero-order valence-corrected chi connectivity index (χ0v) is 33.7. The number of carboxylic acid groups (broad SMARTS) is 1. The molecule has 0 aromatic carbocycles. The number of hydrogen-bond donors (Lipinski definition) is 3. The van der Waals surface area contributed by atoms with Crippen molar-refractivity contribution in [1.82, 2.24) is 0 Å². The zero-order valence-electron chi connectivity index (χ0n) is 32.8. The molecule has 0 aliphatic rings. The molecule has 0 spiro atoms. The highest BCUT2D eigenvalue weighted by Crippen LogP contribution is 2.43. The van der Waals surface area contributed by atoms with Crippen molar-refractivity contribution >= 4 is 25.7 Å². The molecule has 0 aliphatic heterocycles. The molecular formula is C41H72NO10P. The van der Waals surface area contributed by atoms with Gasteiger partial charge in [0.1, 0.15) is 12.6 Å². The molecule has 0 amide bonds. The minimum Gasteiger partial charge on any atom is -0.480 e. The van der Waals surface area contributed by atoms with Crippen molar-refractivity contribution in [2.24, 2.45) is 5.73 Å². The third-order valence-corrected chi connectivity index (χ3v) is 9.31. The van der Waals surface area contributed by atoms with Crippen LogP contribution in [0.1, 0.15) is 162 Å². The Labute approximate surface area is 320 Å². The molecule has 0 rings (SSSR count). The molecule has 3 unspecified atom stereocenters. The third-order valence-electron chi connectivity index (χ3n) is 8.35. The number of rotatable bonds is 37. The second kappa shape index (κ2) is 36.4. The van der Waals surface area contributed by atoms with Crippen LogP contribution in [0.2, 0.25) is 0 Å². The van der Waals surface area contributed by atoms with E-state index in [1.807, 2.05) is 18.2 Å². The first-order chi connectivity index (χ1) is 25.6.